The van der Waals surface area contributed by atoms with Crippen molar-refractivity contribution in [2.24, 2.45) is 0 Å². The fraction of sp³-hybridized carbons (Fsp3) is 0.107. The van der Waals surface area contributed by atoms with Crippen LogP contribution in [0.15, 0.2) is 212 Å². The van der Waals surface area contributed by atoms with Crippen molar-refractivity contribution < 1.29 is 0 Å². The van der Waals surface area contributed by atoms with Crippen LogP contribution in [0, 0.1) is 27.7 Å². The first-order valence-corrected chi connectivity index (χ1v) is 20.2. The molecular formula is C56H50N2. The second kappa shape index (κ2) is 17.1. The molecule has 284 valence electrons. The van der Waals surface area contributed by atoms with Crippen molar-refractivity contribution in [1.82, 2.24) is 0 Å². The lowest BCUT2D eigenvalue weighted by molar-refractivity contribution is 0.675. The number of benzene rings is 7. The molecule has 7 aromatic carbocycles. The van der Waals surface area contributed by atoms with Gasteiger partial charge in [0, 0.05) is 39.5 Å². The van der Waals surface area contributed by atoms with Gasteiger partial charge in [0.05, 0.1) is 0 Å². The molecule has 0 amide bonds. The minimum absolute atomic E-state index is 0.246. The van der Waals surface area contributed by atoms with Gasteiger partial charge in [0.15, 0.2) is 0 Å². The van der Waals surface area contributed by atoms with Gasteiger partial charge in [-0.05, 0) is 129 Å². The number of nitrogens with zero attached hydrogens (tertiary/aromatic N) is 2. The highest BCUT2D eigenvalue weighted by Crippen LogP contribution is 2.39. The lowest BCUT2D eigenvalue weighted by Gasteiger charge is -2.30. The molecule has 0 saturated carbocycles. The third-order valence-corrected chi connectivity index (χ3v) is 11.1. The van der Waals surface area contributed by atoms with Crippen LogP contribution in [0.5, 0.6) is 0 Å². The first kappa shape index (κ1) is 38.0. The van der Waals surface area contributed by atoms with Crippen molar-refractivity contribution in [1.29, 1.82) is 0 Å². The maximum Gasteiger partial charge on any atom is 0.0462 e. The van der Waals surface area contributed by atoms with E-state index in [4.69, 9.17) is 0 Å². The highest BCUT2D eigenvalue weighted by atomic mass is 15.1. The van der Waals surface area contributed by atoms with E-state index in [1.54, 1.807) is 0 Å². The van der Waals surface area contributed by atoms with E-state index in [-0.39, 0.29) is 5.41 Å². The summed E-state index contributed by atoms with van der Waals surface area (Å²) in [6.45, 7) is 8.52. The minimum Gasteiger partial charge on any atom is -0.311 e. The number of aryl methyl sites for hydroxylation is 4. The Kier molecular flexibility index (Phi) is 11.2. The standard InChI is InChI=1S/C56H50N2/c1-42-10-24-50(25-11-42)57(51-26-12-43(2)13-27-51)54-32-20-46(21-33-54)18-19-48-37-40-56(41-38-48,49-8-6-5-7-9-49)39-36-47-22-34-55(35-23-47)58(52-28-14-44(3)15-29-52)53-30-16-45(4)17-31-53/h5-40H,41H2,1-4H3. The Bertz CT molecular complexity index is 2470. The van der Waals surface area contributed by atoms with Crippen LogP contribution < -0.4 is 9.80 Å². The Labute approximate surface area is 345 Å². The predicted molar refractivity (Wildman–Crippen MR) is 249 cm³/mol. The largest absolute Gasteiger partial charge is 0.311 e. The lowest BCUT2D eigenvalue weighted by Crippen LogP contribution is -2.21. The number of allylic oxidation sites excluding steroid dienone is 6. The maximum atomic E-state index is 2.37. The average Bonchev–Trinajstić information content (AvgIpc) is 3.26. The molecule has 0 spiro atoms. The van der Waals surface area contributed by atoms with Crippen LogP contribution in [0.4, 0.5) is 34.1 Å². The SMILES string of the molecule is Cc1ccc(N(c2ccc(C)cc2)c2ccc(C=CC3=CCC(C=Cc4ccc(N(c5ccc(C)cc5)c5ccc(C)cc5)cc4)(c4ccccc4)C=C3)cc2)cc1. The second-order valence-electron chi connectivity index (χ2n) is 15.5. The van der Waals surface area contributed by atoms with Crippen LogP contribution in [0.3, 0.4) is 0 Å². The molecule has 0 aliphatic heterocycles. The van der Waals surface area contributed by atoms with Gasteiger partial charge in [-0.15, -0.1) is 0 Å². The van der Waals surface area contributed by atoms with Crippen molar-refractivity contribution in [2.45, 2.75) is 39.5 Å². The zero-order valence-electron chi connectivity index (χ0n) is 33.9. The third kappa shape index (κ3) is 8.73. The summed E-state index contributed by atoms with van der Waals surface area (Å²) in [5.41, 5.74) is 16.4. The van der Waals surface area contributed by atoms with Gasteiger partial charge < -0.3 is 9.80 Å². The van der Waals surface area contributed by atoms with E-state index in [1.807, 2.05) is 0 Å². The van der Waals surface area contributed by atoms with E-state index >= 15 is 0 Å². The van der Waals surface area contributed by atoms with Gasteiger partial charge in [-0.3, -0.25) is 0 Å². The van der Waals surface area contributed by atoms with Crippen LogP contribution in [-0.2, 0) is 5.41 Å². The highest BCUT2D eigenvalue weighted by Gasteiger charge is 2.27. The van der Waals surface area contributed by atoms with Crippen LogP contribution in [0.1, 0.15) is 45.4 Å². The maximum absolute atomic E-state index is 2.37. The summed E-state index contributed by atoms with van der Waals surface area (Å²) < 4.78 is 0. The van der Waals surface area contributed by atoms with Crippen molar-refractivity contribution in [3.63, 3.8) is 0 Å². The molecule has 1 aliphatic rings. The molecule has 0 heterocycles. The monoisotopic (exact) mass is 750 g/mol. The fourth-order valence-corrected chi connectivity index (χ4v) is 7.55. The van der Waals surface area contributed by atoms with E-state index in [2.05, 4.69) is 256 Å². The first-order valence-electron chi connectivity index (χ1n) is 20.2. The average molecular weight is 751 g/mol. The lowest BCUT2D eigenvalue weighted by atomic mass is 9.74. The van der Waals surface area contributed by atoms with Gasteiger partial charge >= 0.3 is 0 Å². The highest BCUT2D eigenvalue weighted by molar-refractivity contribution is 5.79. The van der Waals surface area contributed by atoms with E-state index < -0.39 is 0 Å². The normalized spacial score (nSPS) is 15.1. The molecule has 0 aromatic heterocycles. The van der Waals surface area contributed by atoms with Crippen LogP contribution >= 0.6 is 0 Å². The zero-order valence-corrected chi connectivity index (χ0v) is 33.9. The Morgan fingerprint density at radius 2 is 0.759 bits per heavy atom. The van der Waals surface area contributed by atoms with E-state index in [1.165, 1.54) is 39.0 Å². The van der Waals surface area contributed by atoms with Crippen LogP contribution in [-0.4, -0.2) is 0 Å². The van der Waals surface area contributed by atoms with E-state index in [0.717, 1.165) is 46.1 Å². The first-order chi connectivity index (χ1) is 28.3. The fourth-order valence-electron chi connectivity index (χ4n) is 7.55. The van der Waals surface area contributed by atoms with Crippen molar-refractivity contribution in [2.75, 3.05) is 9.80 Å². The number of hydrogen-bond donors (Lipinski definition) is 0. The van der Waals surface area contributed by atoms with Gasteiger partial charge in [-0.2, -0.15) is 0 Å². The molecule has 7 aromatic rings. The minimum atomic E-state index is -0.246. The molecule has 0 N–H and O–H groups in total. The van der Waals surface area contributed by atoms with Gasteiger partial charge in [0.1, 0.15) is 0 Å². The summed E-state index contributed by atoms with van der Waals surface area (Å²) in [5.74, 6) is 0. The van der Waals surface area contributed by atoms with Crippen molar-refractivity contribution >= 4 is 46.3 Å². The summed E-state index contributed by atoms with van der Waals surface area (Å²) in [6, 6.07) is 63.5. The Balaban J connectivity index is 1.00. The Morgan fingerprint density at radius 1 is 0.397 bits per heavy atom. The third-order valence-electron chi connectivity index (χ3n) is 11.1. The van der Waals surface area contributed by atoms with Gasteiger partial charge in [0.2, 0.25) is 0 Å². The molecule has 58 heavy (non-hydrogen) atoms. The Morgan fingerprint density at radius 3 is 1.12 bits per heavy atom. The molecule has 1 atom stereocenters. The zero-order chi connectivity index (χ0) is 39.9. The van der Waals surface area contributed by atoms with E-state index in [9.17, 15) is 0 Å². The molecule has 1 aliphatic carbocycles. The summed E-state index contributed by atoms with van der Waals surface area (Å²) in [6.07, 6.45) is 17.0. The molecule has 2 heteroatoms. The smallest absolute Gasteiger partial charge is 0.0462 e. The molecule has 0 radical (unpaired) electrons. The predicted octanol–water partition coefficient (Wildman–Crippen LogP) is 15.4. The number of hydrogen-bond acceptors (Lipinski definition) is 2. The molecule has 0 saturated heterocycles. The van der Waals surface area contributed by atoms with Crippen LogP contribution in [0.25, 0.3) is 12.2 Å². The van der Waals surface area contributed by atoms with E-state index in [0.29, 0.717) is 0 Å². The summed E-state index contributed by atoms with van der Waals surface area (Å²) >= 11 is 0. The van der Waals surface area contributed by atoms with Gasteiger partial charge in [-0.1, -0.05) is 168 Å². The summed E-state index contributed by atoms with van der Waals surface area (Å²) in [4.78, 5) is 4.64. The molecular weight excluding hydrogens is 701 g/mol. The second-order valence-corrected chi connectivity index (χ2v) is 15.5. The van der Waals surface area contributed by atoms with Crippen LogP contribution in [0.2, 0.25) is 0 Å². The Hall–Kier alpha value is -6.90. The molecule has 1 unspecified atom stereocenters. The molecule has 0 bridgehead atoms. The topological polar surface area (TPSA) is 6.48 Å². The molecule has 2 nitrogen and oxygen atoms in total. The van der Waals surface area contributed by atoms with Crippen molar-refractivity contribution in [3.8, 4) is 0 Å². The van der Waals surface area contributed by atoms with Crippen molar-refractivity contribution in [3.05, 3.63) is 251 Å². The number of rotatable bonds is 11. The summed E-state index contributed by atoms with van der Waals surface area (Å²) in [5, 5.41) is 0. The quantitative estimate of drug-likeness (QED) is 0.130. The molecule has 8 rings (SSSR count). The number of anilines is 6. The van der Waals surface area contributed by atoms with Gasteiger partial charge in [0.25, 0.3) is 0 Å². The summed E-state index contributed by atoms with van der Waals surface area (Å²) in [7, 11) is 0. The van der Waals surface area contributed by atoms with Gasteiger partial charge in [-0.25, -0.2) is 0 Å². The molecule has 0 fully saturated rings.